The number of hydrogen-bond acceptors (Lipinski definition) is 4. The zero-order chi connectivity index (χ0) is 13.3. The van der Waals surface area contributed by atoms with Gasteiger partial charge < -0.3 is 10.1 Å². The molecule has 0 saturated carbocycles. The third-order valence-corrected chi connectivity index (χ3v) is 4.21. The fraction of sp³-hybridized carbons (Fsp3) is 0.917. The van der Waals surface area contributed by atoms with Crippen LogP contribution in [-0.4, -0.2) is 41.4 Å². The van der Waals surface area contributed by atoms with E-state index in [9.17, 15) is 9.00 Å². The molecule has 0 radical (unpaired) electrons. The van der Waals surface area contributed by atoms with Crippen LogP contribution in [0.3, 0.4) is 0 Å². The van der Waals surface area contributed by atoms with Gasteiger partial charge in [0.25, 0.3) is 0 Å². The molecule has 0 bridgehead atoms. The molecule has 5 heteroatoms. The molecule has 0 rings (SSSR count). The number of carbonyl (C=O) groups excluding carboxylic acids is 1. The van der Waals surface area contributed by atoms with Gasteiger partial charge in [0.1, 0.15) is 6.04 Å². The van der Waals surface area contributed by atoms with Crippen LogP contribution in [0.5, 0.6) is 0 Å². The maximum Gasteiger partial charge on any atom is 0.322 e. The predicted molar refractivity (Wildman–Crippen MR) is 71.5 cm³/mol. The molecule has 0 aliphatic carbocycles. The van der Waals surface area contributed by atoms with Gasteiger partial charge in [-0.25, -0.2) is 0 Å². The van der Waals surface area contributed by atoms with Crippen LogP contribution in [0.15, 0.2) is 0 Å². The minimum Gasteiger partial charge on any atom is -0.468 e. The van der Waals surface area contributed by atoms with E-state index < -0.39 is 10.8 Å². The van der Waals surface area contributed by atoms with Crippen molar-refractivity contribution in [3.05, 3.63) is 0 Å². The van der Waals surface area contributed by atoms with Gasteiger partial charge in [-0.3, -0.25) is 9.00 Å². The van der Waals surface area contributed by atoms with Crippen LogP contribution in [0.4, 0.5) is 0 Å². The Kier molecular flexibility index (Phi) is 9.36. The first-order chi connectivity index (χ1) is 8.02. The van der Waals surface area contributed by atoms with Crippen molar-refractivity contribution < 1.29 is 13.7 Å². The van der Waals surface area contributed by atoms with E-state index in [0.717, 1.165) is 25.7 Å². The molecule has 0 amide bonds. The Morgan fingerprint density at radius 2 is 2.06 bits per heavy atom. The molecule has 17 heavy (non-hydrogen) atoms. The summed E-state index contributed by atoms with van der Waals surface area (Å²) in [5.41, 5.74) is 0. The molecule has 3 atom stereocenters. The van der Waals surface area contributed by atoms with Crippen molar-refractivity contribution in [2.24, 2.45) is 0 Å². The van der Waals surface area contributed by atoms with Gasteiger partial charge in [-0.2, -0.15) is 0 Å². The van der Waals surface area contributed by atoms with Crippen molar-refractivity contribution in [3.63, 3.8) is 0 Å². The molecular weight excluding hydrogens is 238 g/mol. The second-order valence-corrected chi connectivity index (χ2v) is 6.07. The topological polar surface area (TPSA) is 55.4 Å². The van der Waals surface area contributed by atoms with Crippen molar-refractivity contribution in [2.75, 3.05) is 19.9 Å². The summed E-state index contributed by atoms with van der Waals surface area (Å²) in [6, 6.07) is -0.225. The summed E-state index contributed by atoms with van der Waals surface area (Å²) in [4.78, 5) is 11.5. The van der Waals surface area contributed by atoms with Crippen LogP contribution in [0.1, 0.15) is 39.5 Å². The van der Waals surface area contributed by atoms with Crippen molar-refractivity contribution in [2.45, 2.75) is 50.8 Å². The van der Waals surface area contributed by atoms with Gasteiger partial charge in [0.2, 0.25) is 0 Å². The van der Waals surface area contributed by atoms with Gasteiger partial charge in [0, 0.05) is 22.3 Å². The number of esters is 1. The Balaban J connectivity index is 3.98. The standard InChI is InChI=1S/C12H25NO3S/c1-5-6-7-11(12(14)16-3)13-9-8-10(2)17(4)15/h10-11,13H,5-9H2,1-4H3. The summed E-state index contributed by atoms with van der Waals surface area (Å²) in [6.45, 7) is 4.75. The highest BCUT2D eigenvalue weighted by molar-refractivity contribution is 7.84. The second kappa shape index (κ2) is 9.59. The van der Waals surface area contributed by atoms with E-state index in [1.54, 1.807) is 6.26 Å². The van der Waals surface area contributed by atoms with Crippen LogP contribution >= 0.6 is 0 Å². The zero-order valence-corrected chi connectivity index (χ0v) is 12.1. The Morgan fingerprint density at radius 3 is 2.53 bits per heavy atom. The van der Waals surface area contributed by atoms with Crippen molar-refractivity contribution >= 4 is 16.8 Å². The van der Waals surface area contributed by atoms with Crippen LogP contribution in [0.25, 0.3) is 0 Å². The predicted octanol–water partition coefficient (Wildman–Crippen LogP) is 1.46. The summed E-state index contributed by atoms with van der Waals surface area (Å²) >= 11 is 0. The van der Waals surface area contributed by atoms with Gasteiger partial charge in [-0.1, -0.05) is 26.7 Å². The minimum absolute atomic E-state index is 0.159. The normalized spacial score (nSPS) is 16.2. The highest BCUT2D eigenvalue weighted by atomic mass is 32.2. The van der Waals surface area contributed by atoms with E-state index in [-0.39, 0.29) is 17.3 Å². The van der Waals surface area contributed by atoms with Crippen LogP contribution < -0.4 is 5.32 Å². The lowest BCUT2D eigenvalue weighted by molar-refractivity contribution is -0.143. The van der Waals surface area contributed by atoms with E-state index in [1.165, 1.54) is 7.11 Å². The van der Waals surface area contributed by atoms with Gasteiger partial charge in [0.15, 0.2) is 0 Å². The summed E-state index contributed by atoms with van der Waals surface area (Å²) in [6.07, 6.45) is 5.38. The quantitative estimate of drug-likeness (QED) is 0.640. The summed E-state index contributed by atoms with van der Waals surface area (Å²) < 4.78 is 15.9. The van der Waals surface area contributed by atoms with Gasteiger partial charge >= 0.3 is 5.97 Å². The Bertz CT molecular complexity index is 246. The molecule has 0 saturated heterocycles. The van der Waals surface area contributed by atoms with Gasteiger partial charge in [-0.05, 0) is 19.4 Å². The summed E-state index contributed by atoms with van der Waals surface area (Å²) in [7, 11) is 0.610. The van der Waals surface area contributed by atoms with E-state index in [2.05, 4.69) is 12.2 Å². The highest BCUT2D eigenvalue weighted by Gasteiger charge is 2.18. The largest absolute Gasteiger partial charge is 0.468 e. The van der Waals surface area contributed by atoms with Crippen LogP contribution in [0.2, 0.25) is 0 Å². The van der Waals surface area contributed by atoms with Crippen LogP contribution in [-0.2, 0) is 20.3 Å². The number of carbonyl (C=O) groups is 1. The summed E-state index contributed by atoms with van der Waals surface area (Å²) in [5.74, 6) is -0.205. The molecule has 0 aromatic heterocycles. The molecule has 0 aromatic carbocycles. The number of hydrogen-bond donors (Lipinski definition) is 1. The van der Waals surface area contributed by atoms with Gasteiger partial charge in [0.05, 0.1) is 7.11 Å². The fourth-order valence-electron chi connectivity index (χ4n) is 1.48. The maximum atomic E-state index is 11.5. The van der Waals surface area contributed by atoms with Crippen molar-refractivity contribution in [3.8, 4) is 0 Å². The molecule has 1 N–H and O–H groups in total. The molecule has 3 unspecified atom stereocenters. The number of methoxy groups -OCH3 is 1. The Morgan fingerprint density at radius 1 is 1.41 bits per heavy atom. The van der Waals surface area contributed by atoms with Gasteiger partial charge in [-0.15, -0.1) is 0 Å². The maximum absolute atomic E-state index is 11.5. The monoisotopic (exact) mass is 263 g/mol. The minimum atomic E-state index is -0.799. The second-order valence-electron chi connectivity index (χ2n) is 4.27. The molecule has 0 spiro atoms. The first-order valence-electron chi connectivity index (χ1n) is 6.16. The van der Waals surface area contributed by atoms with E-state index in [0.29, 0.717) is 6.54 Å². The third kappa shape index (κ3) is 7.49. The van der Waals surface area contributed by atoms with Crippen LogP contribution in [0, 0.1) is 0 Å². The number of rotatable bonds is 9. The lowest BCUT2D eigenvalue weighted by atomic mass is 10.1. The fourth-order valence-corrected chi connectivity index (χ4v) is 1.93. The smallest absolute Gasteiger partial charge is 0.322 e. The highest BCUT2D eigenvalue weighted by Crippen LogP contribution is 2.04. The molecule has 0 aliphatic rings. The van der Waals surface area contributed by atoms with E-state index in [1.807, 2.05) is 6.92 Å². The zero-order valence-electron chi connectivity index (χ0n) is 11.3. The molecule has 102 valence electrons. The molecule has 4 nitrogen and oxygen atoms in total. The average Bonchev–Trinajstić information content (AvgIpc) is 2.31. The number of unbranched alkanes of at least 4 members (excludes halogenated alkanes) is 1. The lowest BCUT2D eigenvalue weighted by Gasteiger charge is -2.17. The first kappa shape index (κ1) is 16.6. The van der Waals surface area contributed by atoms with Crippen molar-refractivity contribution in [1.82, 2.24) is 5.32 Å². The SMILES string of the molecule is CCCCC(NCCC(C)S(C)=O)C(=O)OC. The lowest BCUT2D eigenvalue weighted by Crippen LogP contribution is -2.39. The Labute approximate surface area is 107 Å². The number of nitrogens with one attached hydrogen (secondary N) is 1. The van der Waals surface area contributed by atoms with E-state index >= 15 is 0 Å². The first-order valence-corrected chi connectivity index (χ1v) is 7.78. The molecule has 0 heterocycles. The van der Waals surface area contributed by atoms with Crippen molar-refractivity contribution in [1.29, 1.82) is 0 Å². The Hall–Kier alpha value is -0.420. The molecule has 0 fully saturated rings. The average molecular weight is 263 g/mol. The summed E-state index contributed by atoms with van der Waals surface area (Å²) in [5, 5.41) is 3.34. The molecule has 0 aliphatic heterocycles. The third-order valence-electron chi connectivity index (χ3n) is 2.84. The number of ether oxygens (including phenoxy) is 1. The van der Waals surface area contributed by atoms with E-state index in [4.69, 9.17) is 4.74 Å². The molecular formula is C12H25NO3S. The molecule has 0 aromatic rings.